The van der Waals surface area contributed by atoms with Crippen LogP contribution in [-0.4, -0.2) is 22.7 Å². The summed E-state index contributed by atoms with van der Waals surface area (Å²) in [5.74, 6) is -0.617. The van der Waals surface area contributed by atoms with Crippen LogP contribution in [0.1, 0.15) is 23.1 Å². The Morgan fingerprint density at radius 1 is 0.800 bits per heavy atom. The highest BCUT2D eigenvalue weighted by molar-refractivity contribution is 7.80. The number of aliphatic hydroxyl groups is 1. The van der Waals surface area contributed by atoms with Gasteiger partial charge in [-0.15, -0.1) is 0 Å². The number of rotatable bonds is 7. The molecule has 0 unspecified atom stereocenters. The van der Waals surface area contributed by atoms with Crippen LogP contribution in [-0.2, 0) is 16.8 Å². The quantitative estimate of drug-likeness (QED) is 0.269. The van der Waals surface area contributed by atoms with Crippen molar-refractivity contribution in [2.45, 2.75) is 18.4 Å². The normalized spacial score (nSPS) is 10.8. The molecule has 0 aromatic heterocycles. The van der Waals surface area contributed by atoms with Crippen molar-refractivity contribution in [3.63, 3.8) is 0 Å². The molecule has 6 heteroatoms. The van der Waals surface area contributed by atoms with Crippen molar-refractivity contribution in [2.24, 2.45) is 0 Å². The summed E-state index contributed by atoms with van der Waals surface area (Å²) in [5.41, 5.74) is 5.58. The van der Waals surface area contributed by atoms with Crippen LogP contribution in [0.5, 0.6) is 0 Å². The molecule has 154 valence electrons. The van der Waals surface area contributed by atoms with Crippen molar-refractivity contribution in [3.8, 4) is 0 Å². The van der Waals surface area contributed by atoms with E-state index in [1.165, 1.54) is 5.56 Å². The molecule has 1 amide bonds. The van der Waals surface area contributed by atoms with Crippen molar-refractivity contribution in [1.82, 2.24) is 16.2 Å². The Bertz CT molecular complexity index is 910. The second-order valence-electron chi connectivity index (χ2n) is 6.87. The molecular formula is C24H25N3O2S. The molecule has 0 heterocycles. The average molecular weight is 420 g/mol. The monoisotopic (exact) mass is 419 g/mol. The number of hydrogen-bond acceptors (Lipinski definition) is 3. The van der Waals surface area contributed by atoms with Crippen LogP contribution in [0.3, 0.4) is 0 Å². The molecule has 5 nitrogen and oxygen atoms in total. The van der Waals surface area contributed by atoms with Gasteiger partial charge in [0.05, 0.1) is 0 Å². The van der Waals surface area contributed by atoms with Gasteiger partial charge in [-0.2, -0.15) is 0 Å². The summed E-state index contributed by atoms with van der Waals surface area (Å²) in [6.45, 7) is 0.665. The third kappa shape index (κ3) is 5.43. The molecule has 3 rings (SSSR count). The molecule has 0 aliphatic rings. The lowest BCUT2D eigenvalue weighted by Crippen LogP contribution is -2.54. The van der Waals surface area contributed by atoms with E-state index in [-0.39, 0.29) is 0 Å². The fraction of sp³-hybridized carbons (Fsp3) is 0.167. The SMILES string of the molecule is O=C(NNC(=S)NCCCc1ccccc1)C(O)(c1ccccc1)c1ccccc1. The Hall–Kier alpha value is -3.22. The maximum atomic E-state index is 13.0. The smallest absolute Gasteiger partial charge is 0.279 e. The minimum absolute atomic E-state index is 0.292. The molecule has 30 heavy (non-hydrogen) atoms. The first kappa shape index (κ1) is 21.5. The van der Waals surface area contributed by atoms with E-state index in [0.29, 0.717) is 22.8 Å². The topological polar surface area (TPSA) is 73.4 Å². The van der Waals surface area contributed by atoms with Crippen LogP contribution in [0, 0.1) is 0 Å². The van der Waals surface area contributed by atoms with Gasteiger partial charge >= 0.3 is 0 Å². The van der Waals surface area contributed by atoms with Crippen molar-refractivity contribution < 1.29 is 9.90 Å². The summed E-state index contributed by atoms with van der Waals surface area (Å²) < 4.78 is 0. The van der Waals surface area contributed by atoms with E-state index < -0.39 is 11.5 Å². The highest BCUT2D eigenvalue weighted by Crippen LogP contribution is 2.29. The summed E-state index contributed by atoms with van der Waals surface area (Å²) >= 11 is 5.24. The molecule has 0 radical (unpaired) electrons. The van der Waals surface area contributed by atoms with Gasteiger partial charge in [0.1, 0.15) is 0 Å². The molecule has 0 aliphatic carbocycles. The number of benzene rings is 3. The first-order chi connectivity index (χ1) is 14.6. The molecule has 0 atom stereocenters. The Morgan fingerprint density at radius 2 is 1.30 bits per heavy atom. The number of amides is 1. The molecule has 0 saturated carbocycles. The standard InChI is InChI=1S/C24H25N3O2S/c28-22(26-27-23(30)25-18-10-13-19-11-4-1-5-12-19)24(29,20-14-6-2-7-15-20)21-16-8-3-9-17-21/h1-9,11-12,14-17,29H,10,13,18H2,(H,26,28)(H2,25,27,30). The van der Waals surface area contributed by atoms with Crippen LogP contribution in [0.25, 0.3) is 0 Å². The summed E-state index contributed by atoms with van der Waals surface area (Å²) in [4.78, 5) is 13.0. The molecule has 0 spiro atoms. The Morgan fingerprint density at radius 3 is 1.83 bits per heavy atom. The van der Waals surface area contributed by atoms with E-state index >= 15 is 0 Å². The highest BCUT2D eigenvalue weighted by Gasteiger charge is 2.39. The molecule has 0 saturated heterocycles. The third-order valence-electron chi connectivity index (χ3n) is 4.77. The van der Waals surface area contributed by atoms with Crippen LogP contribution in [0.15, 0.2) is 91.0 Å². The second kappa shape index (κ2) is 10.5. The van der Waals surface area contributed by atoms with Crippen molar-refractivity contribution in [3.05, 3.63) is 108 Å². The van der Waals surface area contributed by atoms with Gasteiger partial charge < -0.3 is 10.4 Å². The predicted octanol–water partition coefficient (Wildman–Crippen LogP) is 3.05. The first-order valence-corrected chi connectivity index (χ1v) is 10.2. The van der Waals surface area contributed by atoms with E-state index in [4.69, 9.17) is 12.2 Å². The fourth-order valence-electron chi connectivity index (χ4n) is 3.17. The van der Waals surface area contributed by atoms with Crippen molar-refractivity contribution >= 4 is 23.2 Å². The van der Waals surface area contributed by atoms with E-state index in [1.807, 2.05) is 30.3 Å². The van der Waals surface area contributed by atoms with Gasteiger partial charge in [-0.25, -0.2) is 0 Å². The summed E-state index contributed by atoms with van der Waals surface area (Å²) in [6, 6.07) is 27.9. The van der Waals surface area contributed by atoms with Crippen LogP contribution in [0.4, 0.5) is 0 Å². The van der Waals surface area contributed by atoms with Crippen LogP contribution >= 0.6 is 12.2 Å². The molecule has 3 aromatic carbocycles. The predicted molar refractivity (Wildman–Crippen MR) is 123 cm³/mol. The molecule has 0 fully saturated rings. The molecule has 0 aliphatic heterocycles. The average Bonchev–Trinajstić information content (AvgIpc) is 2.81. The highest BCUT2D eigenvalue weighted by atomic mass is 32.1. The molecular weight excluding hydrogens is 394 g/mol. The second-order valence-corrected chi connectivity index (χ2v) is 7.27. The maximum absolute atomic E-state index is 13.0. The van der Waals surface area contributed by atoms with E-state index in [2.05, 4.69) is 28.3 Å². The number of hydrazine groups is 1. The zero-order chi connectivity index (χ0) is 21.2. The largest absolute Gasteiger partial charge is 0.372 e. The first-order valence-electron chi connectivity index (χ1n) is 9.82. The minimum atomic E-state index is -1.85. The van der Waals surface area contributed by atoms with Crippen molar-refractivity contribution in [2.75, 3.05) is 6.54 Å². The van der Waals surface area contributed by atoms with Gasteiger partial charge in [0.25, 0.3) is 5.91 Å². The van der Waals surface area contributed by atoms with Crippen molar-refractivity contribution in [1.29, 1.82) is 0 Å². The Kier molecular flexibility index (Phi) is 7.54. The summed E-state index contributed by atoms with van der Waals surface area (Å²) in [6.07, 6.45) is 1.84. The lowest BCUT2D eigenvalue weighted by atomic mass is 9.85. The fourth-order valence-corrected chi connectivity index (χ4v) is 3.33. The zero-order valence-electron chi connectivity index (χ0n) is 16.5. The van der Waals surface area contributed by atoms with Gasteiger partial charge in [0.2, 0.25) is 0 Å². The van der Waals surface area contributed by atoms with E-state index in [9.17, 15) is 9.90 Å². The zero-order valence-corrected chi connectivity index (χ0v) is 17.4. The third-order valence-corrected chi connectivity index (χ3v) is 5.02. The summed E-state index contributed by atoms with van der Waals surface area (Å²) in [7, 11) is 0. The maximum Gasteiger partial charge on any atom is 0.279 e. The number of thiocarbonyl (C=S) groups is 1. The lowest BCUT2D eigenvalue weighted by Gasteiger charge is -2.28. The van der Waals surface area contributed by atoms with E-state index in [0.717, 1.165) is 12.8 Å². The minimum Gasteiger partial charge on any atom is -0.372 e. The number of aryl methyl sites for hydroxylation is 1. The molecule has 0 bridgehead atoms. The Balaban J connectivity index is 1.56. The Labute approximate surface area is 182 Å². The molecule has 3 aromatic rings. The van der Waals surface area contributed by atoms with Gasteiger partial charge in [0, 0.05) is 6.54 Å². The van der Waals surface area contributed by atoms with Gasteiger partial charge in [0.15, 0.2) is 10.7 Å². The number of nitrogens with one attached hydrogen (secondary N) is 3. The number of hydrogen-bond donors (Lipinski definition) is 4. The van der Waals surface area contributed by atoms with Gasteiger partial charge in [-0.1, -0.05) is 91.0 Å². The van der Waals surface area contributed by atoms with Gasteiger partial charge in [-0.3, -0.25) is 15.6 Å². The van der Waals surface area contributed by atoms with Crippen LogP contribution < -0.4 is 16.2 Å². The number of carbonyl (C=O) groups excluding carboxylic acids is 1. The van der Waals surface area contributed by atoms with Crippen LogP contribution in [0.2, 0.25) is 0 Å². The lowest BCUT2D eigenvalue weighted by molar-refractivity contribution is -0.137. The number of carbonyl (C=O) groups is 1. The summed E-state index contributed by atoms with van der Waals surface area (Å²) in [5, 5.41) is 14.7. The van der Waals surface area contributed by atoms with E-state index in [1.54, 1.807) is 48.5 Å². The van der Waals surface area contributed by atoms with Gasteiger partial charge in [-0.05, 0) is 41.7 Å². The molecule has 4 N–H and O–H groups in total.